The van der Waals surface area contributed by atoms with Crippen LogP contribution in [-0.4, -0.2) is 35.3 Å². The molecular weight excluding hydrogens is 348 g/mol. The van der Waals surface area contributed by atoms with Gasteiger partial charge in [0.2, 0.25) is 5.91 Å². The first-order chi connectivity index (χ1) is 12.7. The molecule has 0 bridgehead atoms. The number of fused-ring (bicyclic) bond motifs is 1. The lowest BCUT2D eigenvalue weighted by atomic mass is 10.2. The summed E-state index contributed by atoms with van der Waals surface area (Å²) >= 11 is 1.31. The number of nitrogens with zero attached hydrogens (tertiary/aromatic N) is 2. The monoisotopic (exact) mass is 368 g/mol. The molecule has 0 aliphatic rings. The predicted molar refractivity (Wildman–Crippen MR) is 106 cm³/mol. The zero-order valence-corrected chi connectivity index (χ0v) is 15.5. The Balaban J connectivity index is 1.69. The molecule has 1 aromatic heterocycles. The molecule has 0 unspecified atom stereocenters. The molecule has 26 heavy (non-hydrogen) atoms. The number of amides is 1. The number of rotatable bonds is 7. The van der Waals surface area contributed by atoms with Gasteiger partial charge in [0.15, 0.2) is 5.16 Å². The van der Waals surface area contributed by atoms with Gasteiger partial charge in [-0.25, -0.2) is 9.97 Å². The maximum Gasteiger partial charge on any atom is 0.234 e. The van der Waals surface area contributed by atoms with Gasteiger partial charge in [-0.15, -0.1) is 0 Å². The smallest absolute Gasteiger partial charge is 0.234 e. The van der Waals surface area contributed by atoms with Crippen LogP contribution < -0.4 is 15.4 Å². The van der Waals surface area contributed by atoms with E-state index in [0.29, 0.717) is 16.6 Å². The molecule has 3 rings (SSSR count). The van der Waals surface area contributed by atoms with Gasteiger partial charge < -0.3 is 15.4 Å². The Morgan fingerprint density at radius 3 is 2.81 bits per heavy atom. The van der Waals surface area contributed by atoms with Crippen molar-refractivity contribution in [2.24, 2.45) is 0 Å². The van der Waals surface area contributed by atoms with Gasteiger partial charge in [0.1, 0.15) is 11.6 Å². The highest BCUT2D eigenvalue weighted by Crippen LogP contribution is 2.24. The van der Waals surface area contributed by atoms with Crippen molar-refractivity contribution in [2.45, 2.75) is 12.1 Å². The van der Waals surface area contributed by atoms with Gasteiger partial charge in [0.05, 0.1) is 18.4 Å². The second-order valence-corrected chi connectivity index (χ2v) is 6.41. The molecule has 0 aliphatic carbocycles. The minimum Gasteiger partial charge on any atom is -0.497 e. The molecule has 0 atom stereocenters. The molecular formula is C19H20N4O2S. The summed E-state index contributed by atoms with van der Waals surface area (Å²) in [6, 6.07) is 15.1. The number of para-hydroxylation sites is 1. The summed E-state index contributed by atoms with van der Waals surface area (Å²) in [4.78, 5) is 21.3. The van der Waals surface area contributed by atoms with Gasteiger partial charge >= 0.3 is 0 Å². The zero-order chi connectivity index (χ0) is 18.4. The highest BCUT2D eigenvalue weighted by Gasteiger charge is 2.10. The van der Waals surface area contributed by atoms with Crippen LogP contribution in [0.4, 0.5) is 11.5 Å². The molecule has 2 aromatic carbocycles. The first-order valence-corrected chi connectivity index (χ1v) is 9.25. The van der Waals surface area contributed by atoms with Crippen LogP contribution in [0.3, 0.4) is 0 Å². The van der Waals surface area contributed by atoms with Crippen molar-refractivity contribution >= 4 is 40.1 Å². The van der Waals surface area contributed by atoms with Crippen LogP contribution in [0.2, 0.25) is 0 Å². The number of benzene rings is 2. The van der Waals surface area contributed by atoms with Gasteiger partial charge in [0.25, 0.3) is 0 Å². The summed E-state index contributed by atoms with van der Waals surface area (Å²) in [5.74, 6) is 1.59. The normalized spacial score (nSPS) is 10.5. The van der Waals surface area contributed by atoms with Gasteiger partial charge in [0, 0.05) is 23.7 Å². The molecule has 0 saturated carbocycles. The summed E-state index contributed by atoms with van der Waals surface area (Å²) in [6.07, 6.45) is 0. The molecule has 0 fully saturated rings. The fourth-order valence-electron chi connectivity index (χ4n) is 2.45. The van der Waals surface area contributed by atoms with Crippen molar-refractivity contribution in [2.75, 3.05) is 30.0 Å². The number of methoxy groups -OCH3 is 1. The number of thioether (sulfide) groups is 1. The lowest BCUT2D eigenvalue weighted by Crippen LogP contribution is -2.14. The molecule has 0 radical (unpaired) electrons. The van der Waals surface area contributed by atoms with Crippen LogP contribution >= 0.6 is 11.8 Å². The molecule has 1 amide bonds. The Kier molecular flexibility index (Phi) is 5.91. The fourth-order valence-corrected chi connectivity index (χ4v) is 3.10. The average molecular weight is 368 g/mol. The van der Waals surface area contributed by atoms with E-state index in [1.807, 2.05) is 49.4 Å². The first-order valence-electron chi connectivity index (χ1n) is 8.27. The number of ether oxygens (including phenoxy) is 1. The van der Waals surface area contributed by atoms with E-state index in [9.17, 15) is 4.79 Å². The van der Waals surface area contributed by atoms with Crippen molar-refractivity contribution in [3.8, 4) is 5.75 Å². The Labute approximate surface area is 156 Å². The highest BCUT2D eigenvalue weighted by molar-refractivity contribution is 7.99. The molecule has 2 N–H and O–H groups in total. The Morgan fingerprint density at radius 2 is 2.00 bits per heavy atom. The second kappa shape index (κ2) is 8.53. The van der Waals surface area contributed by atoms with E-state index in [4.69, 9.17) is 4.74 Å². The van der Waals surface area contributed by atoms with Crippen molar-refractivity contribution < 1.29 is 9.53 Å². The molecule has 0 saturated heterocycles. The molecule has 0 spiro atoms. The standard InChI is InChI=1S/C19H20N4O2S/c1-3-20-18-15-9-4-5-10-16(15)22-19(23-18)26-12-17(24)21-13-7-6-8-14(11-13)25-2/h4-11H,3,12H2,1-2H3,(H,21,24)(H,20,22,23). The van der Waals surface area contributed by atoms with Crippen molar-refractivity contribution in [1.82, 2.24) is 9.97 Å². The third-order valence-electron chi connectivity index (χ3n) is 3.61. The largest absolute Gasteiger partial charge is 0.497 e. The minimum atomic E-state index is -0.120. The maximum absolute atomic E-state index is 12.2. The van der Waals surface area contributed by atoms with Crippen LogP contribution in [0.1, 0.15) is 6.92 Å². The van der Waals surface area contributed by atoms with E-state index in [1.165, 1.54) is 11.8 Å². The number of hydrogen-bond acceptors (Lipinski definition) is 6. The summed E-state index contributed by atoms with van der Waals surface area (Å²) in [5, 5.41) is 7.65. The lowest BCUT2D eigenvalue weighted by Gasteiger charge is -2.09. The second-order valence-electron chi connectivity index (χ2n) is 5.47. The molecule has 3 aromatic rings. The SMILES string of the molecule is CCNc1nc(SCC(=O)Nc2cccc(OC)c2)nc2ccccc12. The number of carbonyl (C=O) groups is 1. The third-order valence-corrected chi connectivity index (χ3v) is 4.46. The van der Waals surface area contributed by atoms with Gasteiger partial charge in [-0.2, -0.15) is 0 Å². The van der Waals surface area contributed by atoms with Gasteiger partial charge in [-0.1, -0.05) is 30.0 Å². The zero-order valence-electron chi connectivity index (χ0n) is 14.7. The van der Waals surface area contributed by atoms with Crippen LogP contribution in [-0.2, 0) is 4.79 Å². The van der Waals surface area contributed by atoms with Crippen molar-refractivity contribution in [1.29, 1.82) is 0 Å². The predicted octanol–water partition coefficient (Wildman–Crippen LogP) is 3.80. The average Bonchev–Trinajstić information content (AvgIpc) is 2.67. The Bertz CT molecular complexity index is 917. The first kappa shape index (κ1) is 18.0. The maximum atomic E-state index is 12.2. The fraction of sp³-hybridized carbons (Fsp3) is 0.211. The number of anilines is 2. The van der Waals surface area contributed by atoms with Crippen molar-refractivity contribution in [3.63, 3.8) is 0 Å². The van der Waals surface area contributed by atoms with Gasteiger partial charge in [-0.3, -0.25) is 4.79 Å². The number of hydrogen-bond donors (Lipinski definition) is 2. The van der Waals surface area contributed by atoms with E-state index in [1.54, 1.807) is 13.2 Å². The molecule has 6 nitrogen and oxygen atoms in total. The van der Waals surface area contributed by atoms with Crippen molar-refractivity contribution in [3.05, 3.63) is 48.5 Å². The third kappa shape index (κ3) is 4.43. The number of nitrogens with one attached hydrogen (secondary N) is 2. The molecule has 1 heterocycles. The minimum absolute atomic E-state index is 0.120. The molecule has 7 heteroatoms. The summed E-state index contributed by atoms with van der Waals surface area (Å²) in [7, 11) is 1.59. The quantitative estimate of drug-likeness (QED) is 0.488. The summed E-state index contributed by atoms with van der Waals surface area (Å²) in [5.41, 5.74) is 1.55. The molecule has 134 valence electrons. The number of carbonyl (C=O) groups excluding carboxylic acids is 1. The van der Waals surface area contributed by atoms with Crippen LogP contribution in [0.5, 0.6) is 5.75 Å². The summed E-state index contributed by atoms with van der Waals surface area (Å²) < 4.78 is 5.16. The van der Waals surface area contributed by atoms with E-state index >= 15 is 0 Å². The van der Waals surface area contributed by atoms with E-state index < -0.39 is 0 Å². The highest BCUT2D eigenvalue weighted by atomic mass is 32.2. The number of aromatic nitrogens is 2. The van der Waals surface area contributed by atoms with E-state index in [2.05, 4.69) is 20.6 Å². The van der Waals surface area contributed by atoms with Crippen LogP contribution in [0.15, 0.2) is 53.7 Å². The van der Waals surface area contributed by atoms with Crippen LogP contribution in [0.25, 0.3) is 10.9 Å². The molecule has 0 aliphatic heterocycles. The summed E-state index contributed by atoms with van der Waals surface area (Å²) in [6.45, 7) is 2.78. The van der Waals surface area contributed by atoms with Crippen LogP contribution in [0, 0.1) is 0 Å². The topological polar surface area (TPSA) is 76.1 Å². The van der Waals surface area contributed by atoms with E-state index in [0.717, 1.165) is 23.3 Å². The Hall–Kier alpha value is -2.80. The van der Waals surface area contributed by atoms with Gasteiger partial charge in [-0.05, 0) is 31.2 Å². The Morgan fingerprint density at radius 1 is 1.15 bits per heavy atom. The van der Waals surface area contributed by atoms with E-state index in [-0.39, 0.29) is 11.7 Å². The lowest BCUT2D eigenvalue weighted by molar-refractivity contribution is -0.113.